The van der Waals surface area contributed by atoms with Gasteiger partial charge in [0.1, 0.15) is 31.4 Å². The molecule has 2 aliphatic carbocycles. The third kappa shape index (κ3) is 14.8. The molecule has 4 rings (SSSR count). The topological polar surface area (TPSA) is 316 Å². The van der Waals surface area contributed by atoms with Gasteiger partial charge < -0.3 is 34.4 Å². The first-order valence-corrected chi connectivity index (χ1v) is 18.8. The van der Waals surface area contributed by atoms with Crippen molar-refractivity contribution >= 4 is 78.7 Å². The number of nitrogens with one attached hydrogen (secondary N) is 2. The molecule has 0 saturated heterocycles. The molecule has 0 fully saturated rings. The van der Waals surface area contributed by atoms with Gasteiger partial charge in [-0.05, 0) is 91.7 Å². The molecule has 0 radical (unpaired) electrons. The second-order valence-corrected chi connectivity index (χ2v) is 14.5. The van der Waals surface area contributed by atoms with E-state index >= 15 is 0 Å². The molecule has 0 bridgehead atoms. The number of Topliss-reactive ketones (excluding diaryl/α,β-unsaturated/α-hetero) is 2. The summed E-state index contributed by atoms with van der Waals surface area (Å²) in [7, 11) is -8.36. The Kier molecular flexibility index (Phi) is 20.2. The van der Waals surface area contributed by atoms with Crippen molar-refractivity contribution in [3.05, 3.63) is 94.1 Å². The fourth-order valence-electron chi connectivity index (χ4n) is 4.75. The molecule has 2 aromatic carbocycles. The first-order chi connectivity index (χ1) is 26.2. The van der Waals surface area contributed by atoms with Crippen LogP contribution >= 0.6 is 0 Å². The van der Waals surface area contributed by atoms with E-state index in [0.29, 0.717) is 13.1 Å². The van der Waals surface area contributed by atoms with Crippen LogP contribution in [0.2, 0.25) is 0 Å². The molecule has 0 aromatic heterocycles. The number of likely N-dealkylation sites (N-methyl/N-ethyl adjacent to an activating group) is 1. The molecule has 0 heterocycles. The van der Waals surface area contributed by atoms with Crippen LogP contribution in [0.4, 0.5) is 11.4 Å². The van der Waals surface area contributed by atoms with Crippen molar-refractivity contribution in [1.29, 1.82) is 0 Å². The van der Waals surface area contributed by atoms with Crippen molar-refractivity contribution < 1.29 is 114 Å². The zero-order valence-corrected chi connectivity index (χ0v) is 35.4. The van der Waals surface area contributed by atoms with Crippen LogP contribution in [0.1, 0.15) is 25.0 Å². The first-order valence-electron chi connectivity index (χ1n) is 16.0. The van der Waals surface area contributed by atoms with Crippen molar-refractivity contribution in [3.63, 3.8) is 0 Å². The summed E-state index contributed by atoms with van der Waals surface area (Å²) in [5.41, 5.74) is 3.62. The number of ketones is 2. The fraction of sp³-hybridized carbons (Fsp3) is 0.200. The van der Waals surface area contributed by atoms with E-state index in [4.69, 9.17) is 10.2 Å². The third-order valence-electron chi connectivity index (χ3n) is 7.58. The summed E-state index contributed by atoms with van der Waals surface area (Å²) in [6.45, 7) is 4.36. The van der Waals surface area contributed by atoms with Crippen LogP contribution in [0.15, 0.2) is 103 Å². The van der Waals surface area contributed by atoms with Crippen molar-refractivity contribution in [2.45, 2.75) is 23.6 Å². The summed E-state index contributed by atoms with van der Waals surface area (Å²) >= 11 is 0. The minimum Gasteiger partial charge on any atom is -0.744 e. The van der Waals surface area contributed by atoms with Gasteiger partial charge in [-0.15, -0.1) is 0 Å². The maximum atomic E-state index is 12.1. The second-order valence-electron chi connectivity index (χ2n) is 11.8. The molecule has 0 saturated carbocycles. The van der Waals surface area contributed by atoms with E-state index in [1.165, 1.54) is 56.4 Å². The molecule has 19 nitrogen and oxygen atoms in total. The molecule has 0 atom stereocenters. The van der Waals surface area contributed by atoms with Gasteiger partial charge in [0.2, 0.25) is 0 Å². The number of aliphatic hydroxyl groups excluding tert-OH is 2. The Bertz CT molecular complexity index is 2380. The van der Waals surface area contributed by atoms with Gasteiger partial charge in [0.25, 0.3) is 0 Å². The van der Waals surface area contributed by atoms with Crippen LogP contribution < -0.4 is 59.3 Å². The van der Waals surface area contributed by atoms with Gasteiger partial charge >= 0.3 is 60.4 Å². The van der Waals surface area contributed by atoms with E-state index in [1.54, 1.807) is 0 Å². The summed E-state index contributed by atoms with van der Waals surface area (Å²) in [6.07, 6.45) is 6.94. The van der Waals surface area contributed by atoms with Crippen molar-refractivity contribution in [1.82, 2.24) is 4.90 Å². The van der Waals surface area contributed by atoms with Gasteiger partial charge in [-0.1, -0.05) is 24.3 Å². The number of aliphatic carboxylic acids is 2. The Morgan fingerprint density at radius 2 is 1.22 bits per heavy atom. The Morgan fingerprint density at radius 1 is 0.741 bits per heavy atom. The Hall–Kier alpha value is -4.34. The van der Waals surface area contributed by atoms with Crippen LogP contribution in [0, 0.1) is 0 Å². The van der Waals surface area contributed by atoms with Gasteiger partial charge in [0.05, 0.1) is 45.8 Å². The van der Waals surface area contributed by atoms with Gasteiger partial charge in [0.15, 0.2) is 11.6 Å². The third-order valence-corrected chi connectivity index (χ3v) is 9.34. The molecular weight excluding hydrogens is 808 g/mol. The Balaban J connectivity index is 0.00000152. The zero-order chi connectivity index (χ0) is 42.0. The smallest absolute Gasteiger partial charge is 0.744 e. The summed E-state index contributed by atoms with van der Waals surface area (Å²) in [5.74, 6) is -4.38. The van der Waals surface area contributed by atoms with Crippen molar-refractivity contribution in [3.8, 4) is 0 Å². The number of benzene rings is 2. The SMILES string of the molecule is CC1=C/C(=N/Nc2ccc(/C=C/c3ccc(N/N=C4\C=C(C)C(=O)C(C(=O)O)=C4)cc3S(=O)(=O)[O-])cc2S(=O)(=O)[O-])C=C(C(=O)O)C1=O.CN(CCO)CCO.[Li+].[Na+]. The number of hydrogen-bond donors (Lipinski definition) is 6. The van der Waals surface area contributed by atoms with Crippen LogP contribution in [-0.4, -0.2) is 120 Å². The number of allylic oxidation sites excluding steroid dienone is 6. The molecule has 58 heavy (non-hydrogen) atoms. The number of carboxylic acids is 2. The molecule has 2 aromatic rings. The normalized spacial score (nSPS) is 15.7. The standard InChI is InChI=1S/C30H24N4O12S2.C5H13NO2.Li.Na/c1-15-9-20(12-22(27(15)35)29(37)38)32-31-19-7-6-18(25(14-19)47(41,42)43)5-3-17-4-8-24(26(11-17)48(44,45)46)34-33-21-10-16(2)28(36)23(13-21)30(39)40;1-6(2-4-7)3-5-8;;/h3-14,31,34H,1-2H3,(H,37,38)(H,39,40)(H,41,42,43)(H,44,45,46);7-8H,2-5H2,1H3;;/q;;2*+1/p-2/b5-3+,32-20+,33-21-;;;. The molecule has 298 valence electrons. The fourth-order valence-corrected chi connectivity index (χ4v) is 6.11. The van der Waals surface area contributed by atoms with Crippen molar-refractivity contribution in [2.75, 3.05) is 44.2 Å². The summed E-state index contributed by atoms with van der Waals surface area (Å²) in [4.78, 5) is 47.0. The second kappa shape index (κ2) is 22.7. The van der Waals surface area contributed by atoms with E-state index in [1.807, 2.05) is 11.9 Å². The number of carbonyl (C=O) groups is 4. The van der Waals surface area contributed by atoms with Crippen LogP contribution in [-0.2, 0) is 39.4 Å². The molecule has 6 N–H and O–H groups in total. The Labute approximate surface area is 367 Å². The van der Waals surface area contributed by atoms with E-state index < -0.39 is 64.7 Å². The molecule has 0 amide bonds. The van der Waals surface area contributed by atoms with Gasteiger partial charge in [-0.2, -0.15) is 10.2 Å². The van der Waals surface area contributed by atoms with Crippen molar-refractivity contribution in [2.24, 2.45) is 10.2 Å². The maximum absolute atomic E-state index is 12.1. The minimum atomic E-state index is -5.12. The predicted molar refractivity (Wildman–Crippen MR) is 200 cm³/mol. The van der Waals surface area contributed by atoms with E-state index in [-0.39, 0.29) is 107 Å². The van der Waals surface area contributed by atoms with E-state index in [2.05, 4.69) is 21.1 Å². The molecular formula is C35H35LiN5NaO14S2. The molecule has 0 aliphatic heterocycles. The summed E-state index contributed by atoms with van der Waals surface area (Å²) < 4.78 is 72.4. The van der Waals surface area contributed by atoms with Gasteiger partial charge in [0, 0.05) is 13.1 Å². The van der Waals surface area contributed by atoms with Gasteiger partial charge in [-0.3, -0.25) is 20.4 Å². The number of nitrogens with zero attached hydrogens (tertiary/aromatic N) is 3. The number of anilines is 2. The van der Waals surface area contributed by atoms with Crippen LogP contribution in [0.25, 0.3) is 12.2 Å². The molecule has 23 heteroatoms. The predicted octanol–water partition coefficient (Wildman–Crippen LogP) is -4.81. The first kappa shape index (κ1) is 51.7. The number of carboxylic acid groups (broad SMARTS) is 2. The van der Waals surface area contributed by atoms with Crippen LogP contribution in [0.5, 0.6) is 0 Å². The van der Waals surface area contributed by atoms with E-state index in [9.17, 15) is 55.3 Å². The minimum absolute atomic E-state index is 0. The number of hydrazone groups is 2. The zero-order valence-electron chi connectivity index (χ0n) is 31.8. The average Bonchev–Trinajstić information content (AvgIpc) is 3.11. The molecule has 0 unspecified atom stereocenters. The Morgan fingerprint density at radius 3 is 1.67 bits per heavy atom. The average molecular weight is 844 g/mol. The quantitative estimate of drug-likeness (QED) is 0.0260. The molecule has 2 aliphatic rings. The summed E-state index contributed by atoms with van der Waals surface area (Å²) in [6, 6.07) is 6.97. The number of hydrogen-bond acceptors (Lipinski definition) is 17. The largest absolute Gasteiger partial charge is 1.00 e. The number of carbonyl (C=O) groups excluding carboxylic acids is 2. The number of aliphatic hydroxyl groups is 2. The van der Waals surface area contributed by atoms with E-state index in [0.717, 1.165) is 30.4 Å². The van der Waals surface area contributed by atoms with Gasteiger partial charge in [-0.25, -0.2) is 26.4 Å². The molecule has 0 spiro atoms. The maximum Gasteiger partial charge on any atom is 1.00 e. The van der Waals surface area contributed by atoms with Crippen LogP contribution in [0.3, 0.4) is 0 Å². The number of rotatable bonds is 14. The summed E-state index contributed by atoms with van der Waals surface area (Å²) in [5, 5.41) is 43.0. The monoisotopic (exact) mass is 843 g/mol.